The second-order valence-electron chi connectivity index (χ2n) is 4.36. The van der Waals surface area contributed by atoms with Crippen LogP contribution in [-0.2, 0) is 0 Å². The van der Waals surface area contributed by atoms with Crippen LogP contribution in [0, 0.1) is 13.8 Å². The van der Waals surface area contributed by atoms with Crippen LogP contribution >= 0.6 is 0 Å². The Hall–Kier alpha value is -2.29. The molecule has 0 saturated carbocycles. The fraction of sp³-hybridized carbons (Fsp3) is 0.133. The highest BCUT2D eigenvalue weighted by molar-refractivity contribution is 5.97. The van der Waals surface area contributed by atoms with Gasteiger partial charge in [-0.3, -0.25) is 0 Å². The van der Waals surface area contributed by atoms with Gasteiger partial charge in [-0.2, -0.15) is 0 Å². The lowest BCUT2D eigenvalue weighted by molar-refractivity contribution is 0.0697. The molecule has 0 spiro atoms. The molecule has 0 aliphatic heterocycles. The van der Waals surface area contributed by atoms with Crippen LogP contribution in [0.15, 0.2) is 36.4 Å². The molecule has 0 heterocycles. The molecule has 0 radical (unpaired) electrons. The van der Waals surface area contributed by atoms with E-state index in [0.29, 0.717) is 5.56 Å². The lowest BCUT2D eigenvalue weighted by Gasteiger charge is -2.11. The number of phenols is 1. The van der Waals surface area contributed by atoms with Gasteiger partial charge in [0.15, 0.2) is 0 Å². The number of aryl methyl sites for hydroxylation is 2. The van der Waals surface area contributed by atoms with E-state index in [2.05, 4.69) is 0 Å². The fourth-order valence-electron chi connectivity index (χ4n) is 2.04. The maximum atomic E-state index is 11.3. The molecular weight excluding hydrogens is 228 g/mol. The predicted molar refractivity (Wildman–Crippen MR) is 70.0 cm³/mol. The lowest BCUT2D eigenvalue weighted by atomic mass is 9.94. The van der Waals surface area contributed by atoms with Crippen molar-refractivity contribution in [3.05, 3.63) is 53.1 Å². The van der Waals surface area contributed by atoms with Crippen molar-refractivity contribution in [2.24, 2.45) is 0 Å². The first-order chi connectivity index (χ1) is 8.49. The summed E-state index contributed by atoms with van der Waals surface area (Å²) >= 11 is 0. The molecule has 0 atom stereocenters. The van der Waals surface area contributed by atoms with Crippen molar-refractivity contribution in [2.75, 3.05) is 0 Å². The normalized spacial score (nSPS) is 10.3. The second kappa shape index (κ2) is 4.53. The summed E-state index contributed by atoms with van der Waals surface area (Å²) in [7, 11) is 0. The minimum Gasteiger partial charge on any atom is -0.508 e. The number of rotatable bonds is 2. The molecule has 3 heteroatoms. The Morgan fingerprint density at radius 1 is 1.06 bits per heavy atom. The monoisotopic (exact) mass is 242 g/mol. The summed E-state index contributed by atoms with van der Waals surface area (Å²) in [5, 5.41) is 18.7. The summed E-state index contributed by atoms with van der Waals surface area (Å²) in [6.45, 7) is 3.77. The van der Waals surface area contributed by atoms with E-state index >= 15 is 0 Å². The zero-order chi connectivity index (χ0) is 13.3. The maximum absolute atomic E-state index is 11.3. The molecule has 0 aliphatic rings. The van der Waals surface area contributed by atoms with Gasteiger partial charge in [-0.15, -0.1) is 0 Å². The van der Waals surface area contributed by atoms with Gasteiger partial charge in [-0.1, -0.05) is 29.8 Å². The van der Waals surface area contributed by atoms with E-state index in [1.807, 2.05) is 31.2 Å². The molecule has 18 heavy (non-hydrogen) atoms. The zero-order valence-electron chi connectivity index (χ0n) is 10.3. The molecular formula is C15H14O3. The topological polar surface area (TPSA) is 57.5 Å². The van der Waals surface area contributed by atoms with Gasteiger partial charge >= 0.3 is 5.97 Å². The highest BCUT2D eigenvalue weighted by Crippen LogP contribution is 2.31. The molecule has 0 bridgehead atoms. The van der Waals surface area contributed by atoms with E-state index < -0.39 is 5.97 Å². The number of carbonyl (C=O) groups is 1. The van der Waals surface area contributed by atoms with Gasteiger partial charge in [0.05, 0.1) is 5.56 Å². The highest BCUT2D eigenvalue weighted by atomic mass is 16.4. The van der Waals surface area contributed by atoms with Crippen LogP contribution in [0.4, 0.5) is 0 Å². The number of phenolic OH excluding ortho intramolecular Hbond substituents is 1. The van der Waals surface area contributed by atoms with Crippen molar-refractivity contribution in [3.63, 3.8) is 0 Å². The molecule has 0 aliphatic carbocycles. The summed E-state index contributed by atoms with van der Waals surface area (Å²) in [5.41, 5.74) is 3.48. The number of carboxylic acid groups (broad SMARTS) is 1. The third-order valence-electron chi connectivity index (χ3n) is 2.89. The van der Waals surface area contributed by atoms with E-state index in [1.165, 1.54) is 6.07 Å². The number of benzene rings is 2. The first kappa shape index (κ1) is 12.2. The van der Waals surface area contributed by atoms with Crippen molar-refractivity contribution in [2.45, 2.75) is 13.8 Å². The molecule has 0 amide bonds. The second-order valence-corrected chi connectivity index (χ2v) is 4.36. The minimum absolute atomic E-state index is 0.0271. The first-order valence-corrected chi connectivity index (χ1v) is 5.63. The van der Waals surface area contributed by atoms with Crippen molar-refractivity contribution < 1.29 is 15.0 Å². The first-order valence-electron chi connectivity index (χ1n) is 5.63. The molecule has 0 fully saturated rings. The fourth-order valence-corrected chi connectivity index (χ4v) is 2.04. The van der Waals surface area contributed by atoms with E-state index in [4.69, 9.17) is 0 Å². The summed E-state index contributed by atoms with van der Waals surface area (Å²) in [6, 6.07) is 10.5. The highest BCUT2D eigenvalue weighted by Gasteiger charge is 2.15. The molecule has 3 nitrogen and oxygen atoms in total. The van der Waals surface area contributed by atoms with E-state index in [1.54, 1.807) is 13.0 Å². The zero-order valence-corrected chi connectivity index (χ0v) is 10.3. The van der Waals surface area contributed by atoms with Crippen molar-refractivity contribution in [1.82, 2.24) is 0 Å². The predicted octanol–water partition coefficient (Wildman–Crippen LogP) is 3.37. The molecule has 2 N–H and O–H groups in total. The Bertz CT molecular complexity index is 598. The molecule has 92 valence electrons. The van der Waals surface area contributed by atoms with E-state index in [0.717, 1.165) is 16.7 Å². The SMILES string of the molecule is Cc1ccc(-c2c(C)cc(O)cc2C(=O)O)cc1. The van der Waals surface area contributed by atoms with Crippen molar-refractivity contribution in [3.8, 4) is 16.9 Å². The Labute approximate surface area is 105 Å². The molecule has 2 aromatic carbocycles. The number of hydrogen-bond acceptors (Lipinski definition) is 2. The molecule has 2 aromatic rings. The van der Waals surface area contributed by atoms with Gasteiger partial charge in [0.25, 0.3) is 0 Å². The molecule has 0 unspecified atom stereocenters. The summed E-state index contributed by atoms with van der Waals surface area (Å²) in [4.78, 5) is 11.3. The van der Waals surface area contributed by atoms with Crippen LogP contribution in [-0.4, -0.2) is 16.2 Å². The third kappa shape index (κ3) is 2.20. The van der Waals surface area contributed by atoms with Crippen molar-refractivity contribution >= 4 is 5.97 Å². The largest absolute Gasteiger partial charge is 0.508 e. The standard InChI is InChI=1S/C15H14O3/c1-9-3-5-11(6-4-9)14-10(2)7-12(16)8-13(14)15(17)18/h3-8,16H,1-2H3,(H,17,18). The van der Waals surface area contributed by atoms with Gasteiger partial charge in [-0.25, -0.2) is 4.79 Å². The van der Waals surface area contributed by atoms with E-state index in [9.17, 15) is 15.0 Å². The smallest absolute Gasteiger partial charge is 0.336 e. The Balaban J connectivity index is 2.69. The van der Waals surface area contributed by atoms with Gasteiger partial charge in [0, 0.05) is 0 Å². The summed E-state index contributed by atoms with van der Waals surface area (Å²) in [6.07, 6.45) is 0. The average Bonchev–Trinajstić information content (AvgIpc) is 2.29. The number of aromatic hydroxyl groups is 1. The molecule has 2 rings (SSSR count). The van der Waals surface area contributed by atoms with Crippen molar-refractivity contribution in [1.29, 1.82) is 0 Å². The average molecular weight is 242 g/mol. The summed E-state index contributed by atoms with van der Waals surface area (Å²) < 4.78 is 0. The van der Waals surface area contributed by atoms with Crippen LogP contribution < -0.4 is 0 Å². The van der Waals surface area contributed by atoms with Gasteiger partial charge in [0.2, 0.25) is 0 Å². The maximum Gasteiger partial charge on any atom is 0.336 e. The van der Waals surface area contributed by atoms with Crippen LogP contribution in [0.2, 0.25) is 0 Å². The number of carboxylic acids is 1. The third-order valence-corrected chi connectivity index (χ3v) is 2.89. The number of aromatic carboxylic acids is 1. The number of hydrogen-bond donors (Lipinski definition) is 2. The van der Waals surface area contributed by atoms with Gasteiger partial charge < -0.3 is 10.2 Å². The summed E-state index contributed by atoms with van der Waals surface area (Å²) in [5.74, 6) is -1.06. The van der Waals surface area contributed by atoms with Crippen LogP contribution in [0.5, 0.6) is 5.75 Å². The van der Waals surface area contributed by atoms with Crippen LogP contribution in [0.1, 0.15) is 21.5 Å². The van der Waals surface area contributed by atoms with Crippen LogP contribution in [0.25, 0.3) is 11.1 Å². The molecule has 0 saturated heterocycles. The lowest BCUT2D eigenvalue weighted by Crippen LogP contribution is -2.01. The van der Waals surface area contributed by atoms with E-state index in [-0.39, 0.29) is 11.3 Å². The van der Waals surface area contributed by atoms with Crippen LogP contribution in [0.3, 0.4) is 0 Å². The van der Waals surface area contributed by atoms with Gasteiger partial charge in [-0.05, 0) is 42.7 Å². The Kier molecular flexibility index (Phi) is 3.06. The molecule has 0 aromatic heterocycles. The minimum atomic E-state index is -1.04. The quantitative estimate of drug-likeness (QED) is 0.848. The Morgan fingerprint density at radius 3 is 2.22 bits per heavy atom. The Morgan fingerprint density at radius 2 is 1.67 bits per heavy atom. The van der Waals surface area contributed by atoms with Gasteiger partial charge in [0.1, 0.15) is 5.75 Å².